The molecule has 1 aromatic carbocycles. The van der Waals surface area contributed by atoms with Gasteiger partial charge in [-0.15, -0.1) is 5.10 Å². The van der Waals surface area contributed by atoms with E-state index in [0.29, 0.717) is 42.8 Å². The number of nitrogens with zero attached hydrogens (tertiary/aromatic N) is 7. The van der Waals surface area contributed by atoms with Crippen LogP contribution in [0.1, 0.15) is 68.2 Å². The van der Waals surface area contributed by atoms with Gasteiger partial charge in [-0.3, -0.25) is 14.6 Å². The first-order valence-electron chi connectivity index (χ1n) is 13.7. The number of H-pyrrole nitrogens is 1. The maximum Gasteiger partial charge on any atom is 0.303 e. The Kier molecular flexibility index (Phi) is 6.19. The van der Waals surface area contributed by atoms with E-state index in [4.69, 9.17) is 16.3 Å². The molecule has 0 saturated carbocycles. The summed E-state index contributed by atoms with van der Waals surface area (Å²) in [5.41, 5.74) is 3.95. The van der Waals surface area contributed by atoms with Gasteiger partial charge in [-0.1, -0.05) is 11.6 Å². The third-order valence-corrected chi connectivity index (χ3v) is 8.77. The van der Waals surface area contributed by atoms with E-state index in [1.165, 1.54) is 30.1 Å². The highest BCUT2D eigenvalue weighted by Crippen LogP contribution is 2.45. The van der Waals surface area contributed by atoms with Crippen molar-refractivity contribution in [1.29, 1.82) is 0 Å². The molecule has 3 aliphatic rings. The van der Waals surface area contributed by atoms with E-state index in [9.17, 15) is 9.59 Å². The Morgan fingerprint density at radius 3 is 2.88 bits per heavy atom. The van der Waals surface area contributed by atoms with Crippen molar-refractivity contribution in [3.63, 3.8) is 0 Å². The van der Waals surface area contributed by atoms with Crippen LogP contribution in [0, 0.1) is 5.82 Å². The third kappa shape index (κ3) is 4.20. The van der Waals surface area contributed by atoms with Crippen molar-refractivity contribution in [1.82, 2.24) is 40.1 Å². The number of tetrazole rings is 1. The van der Waals surface area contributed by atoms with Gasteiger partial charge in [0, 0.05) is 36.4 Å². The van der Waals surface area contributed by atoms with Gasteiger partial charge in [-0.05, 0) is 78.8 Å². The second-order valence-corrected chi connectivity index (χ2v) is 11.5. The molecule has 42 heavy (non-hydrogen) atoms. The lowest BCUT2D eigenvalue weighted by atomic mass is 9.92. The van der Waals surface area contributed by atoms with Crippen LogP contribution in [0.2, 0.25) is 5.02 Å². The number of carbonyl (C=O) groups is 2. The largest absolute Gasteiger partial charge is 0.453 e. The monoisotopic (exact) mass is 588 g/mol. The van der Waals surface area contributed by atoms with E-state index in [0.717, 1.165) is 28.9 Å². The minimum atomic E-state index is -0.768. The predicted molar refractivity (Wildman–Crippen MR) is 149 cm³/mol. The van der Waals surface area contributed by atoms with Crippen LogP contribution in [0.5, 0.6) is 0 Å². The lowest BCUT2D eigenvalue weighted by molar-refractivity contribution is -0.156. The number of esters is 1. The zero-order valence-electron chi connectivity index (χ0n) is 22.8. The summed E-state index contributed by atoms with van der Waals surface area (Å²) in [6.45, 7) is 3.29. The Labute approximate surface area is 244 Å². The molecule has 7 rings (SSSR count). The van der Waals surface area contributed by atoms with Crippen molar-refractivity contribution in [2.24, 2.45) is 0 Å². The fraction of sp³-hybridized carbons (Fsp3) is 0.345. The molecule has 0 bridgehead atoms. The first-order valence-corrected chi connectivity index (χ1v) is 14.1. The molecule has 2 aliphatic heterocycles. The van der Waals surface area contributed by atoms with Gasteiger partial charge < -0.3 is 14.6 Å². The molecule has 1 aliphatic carbocycles. The number of aromatic nitrogens is 7. The molecule has 11 nitrogen and oxygen atoms in total. The number of ether oxygens (including phenoxy) is 1. The topological polar surface area (TPSA) is 132 Å². The number of amides is 1. The van der Waals surface area contributed by atoms with Crippen LogP contribution in [0.4, 0.5) is 4.39 Å². The number of rotatable bonds is 5. The minimum Gasteiger partial charge on any atom is -0.453 e. The molecule has 0 radical (unpaired) electrons. The predicted octanol–water partition coefficient (Wildman–Crippen LogP) is 4.48. The van der Waals surface area contributed by atoms with Crippen molar-refractivity contribution in [3.8, 4) is 16.9 Å². The number of carbonyl (C=O) groups excluding carboxylic acids is 2. The highest BCUT2D eigenvalue weighted by atomic mass is 35.5. The summed E-state index contributed by atoms with van der Waals surface area (Å²) in [6.07, 6.45) is 9.60. The fourth-order valence-corrected chi connectivity index (χ4v) is 6.86. The molecular formula is C29H26ClFN8O3. The molecule has 0 spiro atoms. The number of halogens is 2. The maximum absolute atomic E-state index is 15.4. The number of hydrogen-bond donors (Lipinski definition) is 1. The average Bonchev–Trinajstić information content (AvgIpc) is 3.76. The molecule has 1 N–H and O–H groups in total. The lowest BCUT2D eigenvalue weighted by Crippen LogP contribution is -2.39. The summed E-state index contributed by atoms with van der Waals surface area (Å²) >= 11 is 6.15. The van der Waals surface area contributed by atoms with Gasteiger partial charge in [0.25, 0.3) is 0 Å². The van der Waals surface area contributed by atoms with Crippen molar-refractivity contribution >= 4 is 29.1 Å². The Morgan fingerprint density at radius 2 is 2.10 bits per heavy atom. The van der Waals surface area contributed by atoms with Crippen LogP contribution in [-0.2, 0) is 26.3 Å². The van der Waals surface area contributed by atoms with Gasteiger partial charge in [0.2, 0.25) is 5.91 Å². The van der Waals surface area contributed by atoms with Crippen LogP contribution in [0.15, 0.2) is 43.0 Å². The van der Waals surface area contributed by atoms with Gasteiger partial charge in [0.1, 0.15) is 12.2 Å². The van der Waals surface area contributed by atoms with Gasteiger partial charge >= 0.3 is 5.97 Å². The summed E-state index contributed by atoms with van der Waals surface area (Å²) in [5, 5.41) is 11.2. The number of pyridine rings is 1. The summed E-state index contributed by atoms with van der Waals surface area (Å²) in [6, 6.07) is 4.63. The van der Waals surface area contributed by atoms with E-state index in [1.54, 1.807) is 18.5 Å². The van der Waals surface area contributed by atoms with Gasteiger partial charge in [-0.2, -0.15) is 4.68 Å². The Hall–Kier alpha value is -4.45. The normalized spacial score (nSPS) is 23.1. The van der Waals surface area contributed by atoms with Crippen LogP contribution >= 0.6 is 11.6 Å². The van der Waals surface area contributed by atoms with Gasteiger partial charge in [-0.25, -0.2) is 9.37 Å². The number of hydrogen-bond acceptors (Lipinski definition) is 8. The van der Waals surface area contributed by atoms with Crippen molar-refractivity contribution in [2.45, 2.75) is 63.6 Å². The second kappa shape index (κ2) is 9.83. The van der Waals surface area contributed by atoms with Gasteiger partial charge in [0.15, 0.2) is 11.4 Å². The second-order valence-electron chi connectivity index (χ2n) is 11.1. The van der Waals surface area contributed by atoms with Crippen molar-refractivity contribution < 1.29 is 18.7 Å². The number of benzene rings is 1. The zero-order chi connectivity index (χ0) is 29.2. The standard InChI is InChI=1S/C29H26ClFN8O3/c1-15(40)42-29(2)9-7-19-18(8-10-32-27(19)29)21-13-33-28(35-21)23-5-3-17-11-16(12-24(41)39(17)23)25-22(38-14-34-36-37-38)6-4-20(30)26(25)31/h4,6,8,10,12-14,17,23H,3,5,7,9,11H2,1-2H3,(H,33,35)/t17?,23-,29?/m0/s1. The highest BCUT2D eigenvalue weighted by Gasteiger charge is 2.43. The summed E-state index contributed by atoms with van der Waals surface area (Å²) < 4.78 is 22.4. The summed E-state index contributed by atoms with van der Waals surface area (Å²) in [7, 11) is 0. The van der Waals surface area contributed by atoms with Crippen LogP contribution in [0.25, 0.3) is 22.5 Å². The molecule has 1 amide bonds. The number of aromatic amines is 1. The lowest BCUT2D eigenvalue weighted by Gasteiger charge is -2.33. The van der Waals surface area contributed by atoms with E-state index in [-0.39, 0.29) is 34.5 Å². The van der Waals surface area contributed by atoms with E-state index in [1.807, 2.05) is 17.9 Å². The molecule has 1 saturated heterocycles. The van der Waals surface area contributed by atoms with Gasteiger partial charge in [0.05, 0.1) is 34.3 Å². The first kappa shape index (κ1) is 26.4. The molecule has 4 aromatic rings. The quantitative estimate of drug-likeness (QED) is 0.338. The van der Waals surface area contributed by atoms with Crippen molar-refractivity contribution in [3.05, 3.63) is 76.5 Å². The Balaban J connectivity index is 1.19. The molecular weight excluding hydrogens is 563 g/mol. The highest BCUT2D eigenvalue weighted by molar-refractivity contribution is 6.31. The minimum absolute atomic E-state index is 0.0409. The van der Waals surface area contributed by atoms with Crippen molar-refractivity contribution in [2.75, 3.05) is 0 Å². The molecule has 5 heterocycles. The molecule has 13 heteroatoms. The molecule has 2 unspecified atom stereocenters. The number of fused-ring (bicyclic) bond motifs is 2. The molecule has 214 valence electrons. The first-order chi connectivity index (χ1) is 20.2. The van der Waals surface area contributed by atoms with E-state index in [2.05, 4.69) is 30.5 Å². The Bertz CT molecular complexity index is 1770. The van der Waals surface area contributed by atoms with Crippen LogP contribution < -0.4 is 0 Å². The summed E-state index contributed by atoms with van der Waals surface area (Å²) in [5.74, 6) is -0.486. The molecule has 3 aromatic heterocycles. The van der Waals surface area contributed by atoms with E-state index >= 15 is 4.39 Å². The number of imidazole rings is 1. The molecule has 1 fully saturated rings. The fourth-order valence-electron chi connectivity index (χ4n) is 6.70. The SMILES string of the molecule is CC(=O)OC1(C)CCc2c(-c3cnc([C@@H]4CCC5CC(c6c(-n7cnnn7)ccc(Cl)c6F)=CC(=O)N54)[nH]3)ccnc21. The smallest absolute Gasteiger partial charge is 0.303 e. The molecule has 3 atom stereocenters. The van der Waals surface area contributed by atoms with Crippen LogP contribution in [0.3, 0.4) is 0 Å². The van der Waals surface area contributed by atoms with Crippen LogP contribution in [-0.4, -0.2) is 58.0 Å². The average molecular weight is 589 g/mol. The zero-order valence-corrected chi connectivity index (χ0v) is 23.6. The number of nitrogens with one attached hydrogen (secondary N) is 1. The van der Waals surface area contributed by atoms with E-state index < -0.39 is 11.4 Å². The Morgan fingerprint density at radius 1 is 1.24 bits per heavy atom. The summed E-state index contributed by atoms with van der Waals surface area (Å²) in [4.78, 5) is 39.8. The maximum atomic E-state index is 15.4. The third-order valence-electron chi connectivity index (χ3n) is 8.48.